The summed E-state index contributed by atoms with van der Waals surface area (Å²) in [4.78, 5) is 15.0. The molecular formula is C23H25ClF3N7O. The van der Waals surface area contributed by atoms with Crippen molar-refractivity contribution in [2.24, 2.45) is 11.8 Å². The molecule has 3 atom stereocenters. The first kappa shape index (κ1) is 23.7. The molecule has 1 aliphatic heterocycles. The summed E-state index contributed by atoms with van der Waals surface area (Å²) in [7, 11) is 0. The summed E-state index contributed by atoms with van der Waals surface area (Å²) in [5.41, 5.74) is -0.780. The minimum atomic E-state index is -4.46. The maximum absolute atomic E-state index is 13.1. The second-order valence-electron chi connectivity index (χ2n) is 9.26. The summed E-state index contributed by atoms with van der Waals surface area (Å²) in [6, 6.07) is 6.74. The Kier molecular flexibility index (Phi) is 6.20. The Hall–Kier alpha value is -3.08. The van der Waals surface area contributed by atoms with E-state index in [1.165, 1.54) is 18.5 Å². The number of hydrogen-bond acceptors (Lipinski definition) is 7. The Morgan fingerprint density at radius 3 is 2.51 bits per heavy atom. The average molecular weight is 508 g/mol. The maximum Gasteiger partial charge on any atom is 0.416 e. The highest BCUT2D eigenvalue weighted by Gasteiger charge is 2.43. The number of nitrogens with zero attached hydrogens (tertiary/aromatic N) is 6. The van der Waals surface area contributed by atoms with Gasteiger partial charge in [-0.25, -0.2) is 14.6 Å². The molecule has 2 bridgehead atoms. The van der Waals surface area contributed by atoms with Crippen molar-refractivity contribution >= 4 is 23.4 Å². The molecule has 0 unspecified atom stereocenters. The molecule has 8 nitrogen and oxygen atoms in total. The van der Waals surface area contributed by atoms with E-state index < -0.39 is 11.7 Å². The number of benzene rings is 1. The Balaban J connectivity index is 1.32. The van der Waals surface area contributed by atoms with Gasteiger partial charge in [-0.05, 0) is 56.7 Å². The molecule has 186 valence electrons. The van der Waals surface area contributed by atoms with E-state index in [1.807, 2.05) is 13.8 Å². The molecule has 0 amide bonds. The van der Waals surface area contributed by atoms with Crippen LogP contribution >= 0.6 is 11.6 Å². The standard InChI is InChI=1S/C23H25ClF3N7O/c1-13(2)34-22(35-17-5-3-4-16(8-17)23(25,26)27)31-21(32-34)30-20-14-6-7-15(20)11-33(10-14)19-9-18(24)28-12-29-19/h3-5,8-9,12-15,20H,6-7,10-11H2,1-2H3,(H,30,32)/t14-,15+,20-. The predicted molar refractivity (Wildman–Crippen MR) is 125 cm³/mol. The molecule has 1 aromatic carbocycles. The van der Waals surface area contributed by atoms with Gasteiger partial charge in [-0.3, -0.25) is 0 Å². The van der Waals surface area contributed by atoms with E-state index in [0.29, 0.717) is 22.9 Å². The van der Waals surface area contributed by atoms with Gasteiger partial charge in [-0.2, -0.15) is 18.2 Å². The second kappa shape index (κ2) is 9.18. The van der Waals surface area contributed by atoms with E-state index in [9.17, 15) is 13.2 Å². The van der Waals surface area contributed by atoms with Crippen molar-refractivity contribution in [2.75, 3.05) is 23.3 Å². The van der Waals surface area contributed by atoms with Crippen molar-refractivity contribution in [1.29, 1.82) is 0 Å². The topological polar surface area (TPSA) is 81.0 Å². The molecule has 3 heterocycles. The van der Waals surface area contributed by atoms with Gasteiger partial charge in [0.05, 0.1) is 11.6 Å². The van der Waals surface area contributed by atoms with E-state index in [0.717, 1.165) is 43.9 Å². The summed E-state index contributed by atoms with van der Waals surface area (Å²) in [6.45, 7) is 5.46. The van der Waals surface area contributed by atoms with Crippen molar-refractivity contribution in [3.8, 4) is 11.8 Å². The predicted octanol–water partition coefficient (Wildman–Crippen LogP) is 5.44. The molecule has 1 aliphatic carbocycles. The molecule has 2 fully saturated rings. The van der Waals surface area contributed by atoms with Crippen LogP contribution in [0.3, 0.4) is 0 Å². The van der Waals surface area contributed by atoms with Crippen LogP contribution in [0.4, 0.5) is 24.9 Å². The van der Waals surface area contributed by atoms with Crippen molar-refractivity contribution in [3.05, 3.63) is 47.4 Å². The lowest BCUT2D eigenvalue weighted by Crippen LogP contribution is -2.48. The number of piperidine rings is 1. The average Bonchev–Trinajstić information content (AvgIpc) is 3.29. The highest BCUT2D eigenvalue weighted by molar-refractivity contribution is 6.29. The lowest BCUT2D eigenvalue weighted by Gasteiger charge is -2.38. The normalized spacial score (nSPS) is 22.0. The number of fused-ring (bicyclic) bond motifs is 2. The van der Waals surface area contributed by atoms with Crippen LogP contribution in [0, 0.1) is 11.8 Å². The molecule has 0 spiro atoms. The highest BCUT2D eigenvalue weighted by Crippen LogP contribution is 2.40. The fraction of sp³-hybridized carbons (Fsp3) is 0.478. The van der Waals surface area contributed by atoms with E-state index in [4.69, 9.17) is 16.3 Å². The number of halogens is 4. The Morgan fingerprint density at radius 2 is 1.86 bits per heavy atom. The third-order valence-electron chi connectivity index (χ3n) is 6.53. The number of anilines is 2. The largest absolute Gasteiger partial charge is 0.424 e. The third kappa shape index (κ3) is 5.00. The molecule has 2 aromatic heterocycles. The molecule has 1 saturated heterocycles. The van der Waals surface area contributed by atoms with Crippen LogP contribution in [-0.4, -0.2) is 43.9 Å². The maximum atomic E-state index is 13.1. The van der Waals surface area contributed by atoms with E-state index >= 15 is 0 Å². The van der Waals surface area contributed by atoms with Crippen molar-refractivity contribution in [3.63, 3.8) is 0 Å². The van der Waals surface area contributed by atoms with E-state index in [1.54, 1.807) is 10.7 Å². The zero-order valence-electron chi connectivity index (χ0n) is 19.2. The monoisotopic (exact) mass is 507 g/mol. The van der Waals surface area contributed by atoms with Crippen LogP contribution in [0.25, 0.3) is 0 Å². The molecule has 35 heavy (non-hydrogen) atoms. The van der Waals surface area contributed by atoms with Crippen molar-refractivity contribution in [1.82, 2.24) is 24.7 Å². The number of hydrogen-bond donors (Lipinski definition) is 1. The quantitative estimate of drug-likeness (QED) is 0.445. The van der Waals surface area contributed by atoms with Crippen LogP contribution in [0.15, 0.2) is 36.7 Å². The summed E-state index contributed by atoms with van der Waals surface area (Å²) >= 11 is 6.04. The molecule has 1 saturated carbocycles. The summed E-state index contributed by atoms with van der Waals surface area (Å²) in [6.07, 6.45) is -0.854. The number of rotatable bonds is 6. The highest BCUT2D eigenvalue weighted by atomic mass is 35.5. The molecule has 1 N–H and O–H groups in total. The number of ether oxygens (including phenoxy) is 1. The first-order valence-electron chi connectivity index (χ1n) is 11.5. The number of aromatic nitrogens is 5. The third-order valence-corrected chi connectivity index (χ3v) is 6.74. The lowest BCUT2D eigenvalue weighted by molar-refractivity contribution is -0.137. The minimum Gasteiger partial charge on any atom is -0.424 e. The second-order valence-corrected chi connectivity index (χ2v) is 9.64. The zero-order chi connectivity index (χ0) is 24.7. The van der Waals surface area contributed by atoms with Gasteiger partial charge in [0, 0.05) is 25.2 Å². The van der Waals surface area contributed by atoms with E-state index in [2.05, 4.69) is 30.3 Å². The molecule has 0 radical (unpaired) electrons. The van der Waals surface area contributed by atoms with Crippen molar-refractivity contribution in [2.45, 2.75) is 44.9 Å². The van der Waals surface area contributed by atoms with Gasteiger partial charge < -0.3 is 15.0 Å². The van der Waals surface area contributed by atoms with Gasteiger partial charge >= 0.3 is 12.2 Å². The smallest absolute Gasteiger partial charge is 0.416 e. The number of nitrogens with one attached hydrogen (secondary N) is 1. The minimum absolute atomic E-state index is 0.0533. The van der Waals surface area contributed by atoms with Gasteiger partial charge in [0.2, 0.25) is 5.95 Å². The van der Waals surface area contributed by atoms with Gasteiger partial charge in [0.25, 0.3) is 0 Å². The lowest BCUT2D eigenvalue weighted by atomic mass is 9.92. The fourth-order valence-corrected chi connectivity index (χ4v) is 5.05. The Bertz CT molecular complexity index is 1190. The van der Waals surface area contributed by atoms with Crippen LogP contribution in [0.1, 0.15) is 38.3 Å². The van der Waals surface area contributed by atoms with Crippen LogP contribution < -0.4 is 15.0 Å². The summed E-state index contributed by atoms with van der Waals surface area (Å²) < 4.78 is 46.6. The van der Waals surface area contributed by atoms with Crippen LogP contribution in [0.5, 0.6) is 11.8 Å². The molecule has 5 rings (SSSR count). The molecule has 3 aromatic rings. The Labute approximate surface area is 205 Å². The first-order chi connectivity index (χ1) is 16.7. The summed E-state index contributed by atoms with van der Waals surface area (Å²) in [5.74, 6) is 2.00. The zero-order valence-corrected chi connectivity index (χ0v) is 20.0. The summed E-state index contributed by atoms with van der Waals surface area (Å²) in [5, 5.41) is 8.44. The number of alkyl halides is 3. The van der Waals surface area contributed by atoms with Crippen LogP contribution in [-0.2, 0) is 6.18 Å². The van der Waals surface area contributed by atoms with Crippen LogP contribution in [0.2, 0.25) is 5.15 Å². The first-order valence-corrected chi connectivity index (χ1v) is 11.9. The van der Waals surface area contributed by atoms with Gasteiger partial charge in [0.1, 0.15) is 23.0 Å². The molecular weight excluding hydrogens is 483 g/mol. The van der Waals surface area contributed by atoms with Crippen molar-refractivity contribution < 1.29 is 17.9 Å². The van der Waals surface area contributed by atoms with Gasteiger partial charge in [-0.15, -0.1) is 5.10 Å². The SMILES string of the molecule is CC(C)n1nc(N[C@@H]2[C@@H]3CC[C@H]2CN(c2cc(Cl)ncn2)C3)nc1Oc1cccc(C(F)(F)F)c1. The fourth-order valence-electron chi connectivity index (χ4n) is 4.91. The Morgan fingerprint density at radius 1 is 1.11 bits per heavy atom. The molecule has 2 aliphatic rings. The molecule has 12 heteroatoms. The van der Waals surface area contributed by atoms with E-state index in [-0.39, 0.29) is 23.8 Å². The van der Waals surface area contributed by atoms with Gasteiger partial charge in [0.15, 0.2) is 0 Å². The van der Waals surface area contributed by atoms with Gasteiger partial charge in [-0.1, -0.05) is 17.7 Å².